The fraction of sp³-hybridized carbons (Fsp3) is 0.200. The Labute approximate surface area is 197 Å². The average molecular weight is 640 g/mol. The molecule has 0 aliphatic heterocycles. The third-order valence-corrected chi connectivity index (χ3v) is 3.80. The number of rotatable bonds is 4. The first-order chi connectivity index (χ1) is 15.0. The van der Waals surface area contributed by atoms with Crippen LogP contribution in [0.2, 0.25) is 0 Å². The van der Waals surface area contributed by atoms with Crippen molar-refractivity contribution in [2.75, 3.05) is 14.2 Å². The first-order valence-electron chi connectivity index (χ1n) is 8.89. The van der Waals surface area contributed by atoms with Crippen LogP contribution >= 0.6 is 19.3 Å². The van der Waals surface area contributed by atoms with E-state index in [-0.39, 0.29) is 0 Å². The molecule has 0 amide bonds. The molecule has 0 bridgehead atoms. The van der Waals surface area contributed by atoms with Gasteiger partial charge in [-0.2, -0.15) is 10.2 Å². The van der Waals surface area contributed by atoms with Crippen LogP contribution < -0.4 is 9.47 Å². The molecule has 0 aliphatic carbocycles. The summed E-state index contributed by atoms with van der Waals surface area (Å²) in [4.78, 5) is 8.38. The molecule has 0 radical (unpaired) electrons. The predicted octanol–water partition coefficient (Wildman–Crippen LogP) is 4.55. The number of hydrogen-bond donors (Lipinski definition) is 0. The SMILES string of the molecule is COc1ccnc(-n2cc(C)cn2)c1.COc1ccnc(-n2cc(C)cn2)c1.[Cl][Os][Cl]. The maximum atomic E-state index is 5.10. The zero-order valence-electron chi connectivity index (χ0n) is 17.4. The van der Waals surface area contributed by atoms with Crippen LogP contribution in [0.3, 0.4) is 0 Å². The van der Waals surface area contributed by atoms with Gasteiger partial charge in [0.1, 0.15) is 11.5 Å². The van der Waals surface area contributed by atoms with Crippen molar-refractivity contribution in [1.29, 1.82) is 0 Å². The first kappa shape index (κ1) is 24.8. The Balaban J connectivity index is 0.000000196. The predicted molar refractivity (Wildman–Crippen MR) is 117 cm³/mol. The van der Waals surface area contributed by atoms with E-state index in [4.69, 9.17) is 28.7 Å². The fourth-order valence-electron chi connectivity index (χ4n) is 2.38. The summed E-state index contributed by atoms with van der Waals surface area (Å²) in [6, 6.07) is 7.29. The van der Waals surface area contributed by atoms with Gasteiger partial charge in [0.05, 0.1) is 26.6 Å². The summed E-state index contributed by atoms with van der Waals surface area (Å²) in [6.45, 7) is 3.98. The Kier molecular flexibility index (Phi) is 10.4. The zero-order chi connectivity index (χ0) is 22.6. The molecule has 0 saturated carbocycles. The topological polar surface area (TPSA) is 79.9 Å². The molecule has 8 nitrogen and oxygen atoms in total. The van der Waals surface area contributed by atoms with Crippen molar-refractivity contribution in [3.8, 4) is 23.1 Å². The molecule has 4 heterocycles. The number of hydrogen-bond acceptors (Lipinski definition) is 6. The van der Waals surface area contributed by atoms with Gasteiger partial charge in [-0.3, -0.25) is 0 Å². The van der Waals surface area contributed by atoms with Crippen LogP contribution in [0.4, 0.5) is 0 Å². The van der Waals surface area contributed by atoms with Crippen molar-refractivity contribution in [2.24, 2.45) is 0 Å². The van der Waals surface area contributed by atoms with Crippen molar-refractivity contribution in [3.63, 3.8) is 0 Å². The van der Waals surface area contributed by atoms with E-state index in [0.717, 1.165) is 34.3 Å². The van der Waals surface area contributed by atoms with Gasteiger partial charge in [-0.15, -0.1) is 0 Å². The molecule has 0 aliphatic rings. The Morgan fingerprint density at radius 1 is 0.774 bits per heavy atom. The van der Waals surface area contributed by atoms with Gasteiger partial charge in [0.25, 0.3) is 0 Å². The minimum absolute atomic E-state index is 0.639. The van der Waals surface area contributed by atoms with Crippen molar-refractivity contribution in [2.45, 2.75) is 13.8 Å². The van der Waals surface area contributed by atoms with Crippen LogP contribution in [0.25, 0.3) is 11.6 Å². The monoisotopic (exact) mass is 640 g/mol. The van der Waals surface area contributed by atoms with Gasteiger partial charge >= 0.3 is 34.7 Å². The van der Waals surface area contributed by atoms with Crippen molar-refractivity contribution < 1.29 is 24.9 Å². The summed E-state index contributed by atoms with van der Waals surface area (Å²) >= 11 is -0.639. The molecule has 0 unspecified atom stereocenters. The Morgan fingerprint density at radius 3 is 1.45 bits per heavy atom. The molecule has 31 heavy (non-hydrogen) atoms. The van der Waals surface area contributed by atoms with Gasteiger partial charge in [-0.25, -0.2) is 19.3 Å². The van der Waals surface area contributed by atoms with Crippen LogP contribution in [0, 0.1) is 13.8 Å². The standard InChI is InChI=1S/2C10H11N3O.2ClH.Os/c2*1-8-6-12-13(7-8)10-5-9(14-2)3-4-11-10;;;/h2*3-7H,1-2H3;2*1H;/q;;;;+2/p-2. The quantitative estimate of drug-likeness (QED) is 0.326. The molecule has 4 aromatic rings. The Hall–Kier alpha value is -2.46. The molecule has 0 spiro atoms. The second-order valence-corrected chi connectivity index (χ2v) is 9.75. The fourth-order valence-corrected chi connectivity index (χ4v) is 2.38. The molecule has 4 aromatic heterocycles. The van der Waals surface area contributed by atoms with Crippen LogP contribution in [0.15, 0.2) is 61.4 Å². The molecule has 0 aromatic carbocycles. The van der Waals surface area contributed by atoms with E-state index >= 15 is 0 Å². The Bertz CT molecular complexity index is 989. The van der Waals surface area contributed by atoms with E-state index in [2.05, 4.69) is 20.2 Å². The van der Waals surface area contributed by atoms with E-state index < -0.39 is 15.4 Å². The number of pyridine rings is 2. The molecule has 0 atom stereocenters. The summed E-state index contributed by atoms with van der Waals surface area (Å²) in [5.41, 5.74) is 2.21. The molecule has 11 heteroatoms. The third-order valence-electron chi connectivity index (χ3n) is 3.80. The van der Waals surface area contributed by atoms with Gasteiger partial charge in [-0.1, -0.05) is 0 Å². The van der Waals surface area contributed by atoms with E-state index in [9.17, 15) is 0 Å². The minimum atomic E-state index is -0.639. The van der Waals surface area contributed by atoms with Crippen molar-refractivity contribution in [3.05, 3.63) is 72.6 Å². The second-order valence-electron chi connectivity index (χ2n) is 6.08. The summed E-state index contributed by atoms with van der Waals surface area (Å²) < 4.78 is 13.6. The molecular formula is C20H22Cl2N6O2Os. The van der Waals surface area contributed by atoms with Gasteiger partial charge in [0.2, 0.25) is 0 Å². The number of ether oxygens (including phenoxy) is 2. The molecule has 4 rings (SSSR count). The number of aromatic nitrogens is 6. The maximum absolute atomic E-state index is 5.10. The average Bonchev–Trinajstić information content (AvgIpc) is 3.43. The van der Waals surface area contributed by atoms with Crippen LogP contribution in [0.1, 0.15) is 11.1 Å². The van der Waals surface area contributed by atoms with Gasteiger partial charge in [0, 0.05) is 36.9 Å². The normalized spacial score (nSPS) is 9.87. The zero-order valence-corrected chi connectivity index (χ0v) is 21.4. The Morgan fingerprint density at radius 2 is 1.16 bits per heavy atom. The van der Waals surface area contributed by atoms with E-state index in [0.29, 0.717) is 0 Å². The van der Waals surface area contributed by atoms with E-state index in [1.165, 1.54) is 0 Å². The molecule has 0 saturated heterocycles. The summed E-state index contributed by atoms with van der Waals surface area (Å²) in [6.07, 6.45) is 10.8. The van der Waals surface area contributed by atoms with E-state index in [1.807, 2.05) is 38.4 Å². The number of nitrogens with zero attached hydrogens (tertiary/aromatic N) is 6. The third kappa shape index (κ3) is 7.95. The van der Waals surface area contributed by atoms with Crippen molar-refractivity contribution in [1.82, 2.24) is 29.5 Å². The summed E-state index contributed by atoms with van der Waals surface area (Å²) in [7, 11) is 13.1. The summed E-state index contributed by atoms with van der Waals surface area (Å²) in [5.74, 6) is 3.08. The van der Waals surface area contributed by atoms with Crippen LogP contribution in [-0.4, -0.2) is 43.7 Å². The molecule has 0 fully saturated rings. The number of halogens is 2. The number of methoxy groups -OCH3 is 2. The molecule has 166 valence electrons. The second kappa shape index (κ2) is 13.1. The van der Waals surface area contributed by atoms with Gasteiger partial charge in [-0.05, 0) is 37.1 Å². The van der Waals surface area contributed by atoms with Crippen molar-refractivity contribution >= 4 is 19.3 Å². The molecule has 0 N–H and O–H groups in total. The van der Waals surface area contributed by atoms with Gasteiger partial charge in [0.15, 0.2) is 11.6 Å². The first-order valence-corrected chi connectivity index (χ1v) is 15.2. The summed E-state index contributed by atoms with van der Waals surface area (Å²) in [5, 5.41) is 8.32. The van der Waals surface area contributed by atoms with E-state index in [1.54, 1.807) is 60.5 Å². The van der Waals surface area contributed by atoms with Gasteiger partial charge < -0.3 is 9.47 Å². The number of aryl methyl sites for hydroxylation is 2. The van der Waals surface area contributed by atoms with Crippen LogP contribution in [0.5, 0.6) is 11.5 Å². The molecular weight excluding hydrogens is 617 g/mol. The van der Waals surface area contributed by atoms with Crippen LogP contribution in [-0.2, 0) is 15.4 Å².